The Morgan fingerprint density at radius 1 is 1.21 bits per heavy atom. The normalized spacial score (nSPS) is 10.7. The van der Waals surface area contributed by atoms with Crippen LogP contribution >= 0.6 is 0 Å². The zero-order valence-electron chi connectivity index (χ0n) is 11.4. The molecular formula is C11H21N3O5. The number of carboxylic acids is 1. The van der Waals surface area contributed by atoms with E-state index in [-0.39, 0.29) is 18.9 Å². The largest absolute Gasteiger partial charge is 0.481 e. The van der Waals surface area contributed by atoms with Crippen molar-refractivity contribution in [2.24, 2.45) is 0 Å². The van der Waals surface area contributed by atoms with E-state index in [1.54, 1.807) is 13.8 Å². The van der Waals surface area contributed by atoms with E-state index in [9.17, 15) is 14.4 Å². The van der Waals surface area contributed by atoms with E-state index in [4.69, 9.17) is 9.84 Å². The van der Waals surface area contributed by atoms with Crippen molar-refractivity contribution in [3.8, 4) is 0 Å². The van der Waals surface area contributed by atoms with Gasteiger partial charge in [-0.2, -0.15) is 0 Å². The molecule has 0 saturated heterocycles. The molecule has 0 saturated carbocycles. The first-order chi connectivity index (χ1) is 8.76. The SMILES string of the molecule is COCCNC(=O)CNC(=O)NC(C)(C)CC(=O)O. The molecule has 8 heteroatoms. The molecule has 19 heavy (non-hydrogen) atoms. The second-order valence-electron chi connectivity index (χ2n) is 4.60. The molecule has 0 bridgehead atoms. The minimum absolute atomic E-state index is 0.182. The minimum atomic E-state index is -1.01. The third-order valence-corrected chi connectivity index (χ3v) is 2.08. The van der Waals surface area contributed by atoms with Crippen LogP contribution in [-0.2, 0) is 14.3 Å². The number of methoxy groups -OCH3 is 1. The zero-order valence-corrected chi connectivity index (χ0v) is 11.4. The van der Waals surface area contributed by atoms with Gasteiger partial charge < -0.3 is 25.8 Å². The Balaban J connectivity index is 3.92. The number of amides is 3. The number of carbonyl (C=O) groups excluding carboxylic acids is 2. The summed E-state index contributed by atoms with van der Waals surface area (Å²) in [6.45, 7) is 3.74. The van der Waals surface area contributed by atoms with E-state index in [1.165, 1.54) is 7.11 Å². The van der Waals surface area contributed by atoms with E-state index in [2.05, 4.69) is 16.0 Å². The Morgan fingerprint density at radius 2 is 1.84 bits per heavy atom. The quantitative estimate of drug-likeness (QED) is 0.437. The van der Waals surface area contributed by atoms with Crippen LogP contribution in [-0.4, -0.2) is 55.4 Å². The fourth-order valence-corrected chi connectivity index (χ4v) is 1.29. The maximum absolute atomic E-state index is 11.5. The molecule has 110 valence electrons. The number of rotatable bonds is 8. The summed E-state index contributed by atoms with van der Waals surface area (Å²) in [5.41, 5.74) is -0.886. The molecule has 0 unspecified atom stereocenters. The first kappa shape index (κ1) is 17.2. The summed E-state index contributed by atoms with van der Waals surface area (Å²) < 4.78 is 4.75. The lowest BCUT2D eigenvalue weighted by atomic mass is 10.0. The Kier molecular flexibility index (Phi) is 7.50. The number of carboxylic acid groups (broad SMARTS) is 1. The molecule has 0 radical (unpaired) electrons. The molecule has 0 aromatic rings. The van der Waals surface area contributed by atoms with Gasteiger partial charge >= 0.3 is 12.0 Å². The smallest absolute Gasteiger partial charge is 0.315 e. The molecule has 8 nitrogen and oxygen atoms in total. The predicted octanol–water partition coefficient (Wildman–Crippen LogP) is -0.698. The maximum Gasteiger partial charge on any atom is 0.315 e. The van der Waals surface area contributed by atoms with Gasteiger partial charge in [-0.3, -0.25) is 9.59 Å². The molecule has 0 fully saturated rings. The fraction of sp³-hybridized carbons (Fsp3) is 0.727. The molecular weight excluding hydrogens is 254 g/mol. The van der Waals surface area contributed by atoms with Gasteiger partial charge in [-0.25, -0.2) is 4.79 Å². The van der Waals surface area contributed by atoms with Crippen LogP contribution in [0.4, 0.5) is 4.79 Å². The highest BCUT2D eigenvalue weighted by Gasteiger charge is 2.23. The molecule has 0 spiro atoms. The summed E-state index contributed by atoms with van der Waals surface area (Å²) >= 11 is 0. The maximum atomic E-state index is 11.5. The van der Waals surface area contributed by atoms with Crippen LogP contribution in [0.3, 0.4) is 0 Å². The van der Waals surface area contributed by atoms with Crippen LogP contribution in [0.5, 0.6) is 0 Å². The van der Waals surface area contributed by atoms with Gasteiger partial charge in [0.2, 0.25) is 5.91 Å². The summed E-state index contributed by atoms with van der Waals surface area (Å²) in [5.74, 6) is -1.36. The first-order valence-corrected chi connectivity index (χ1v) is 5.80. The molecule has 4 N–H and O–H groups in total. The third-order valence-electron chi connectivity index (χ3n) is 2.08. The molecule has 0 aromatic carbocycles. The standard InChI is InChI=1S/C11H21N3O5/c1-11(2,6-9(16)17)14-10(18)13-7-8(15)12-4-5-19-3/h4-7H2,1-3H3,(H,12,15)(H,16,17)(H2,13,14,18). The number of hydrogen-bond donors (Lipinski definition) is 4. The first-order valence-electron chi connectivity index (χ1n) is 5.80. The summed E-state index contributed by atoms with van der Waals surface area (Å²) in [5, 5.41) is 16.0. The number of aliphatic carboxylic acids is 1. The van der Waals surface area contributed by atoms with Gasteiger partial charge in [0, 0.05) is 19.2 Å². The van der Waals surface area contributed by atoms with Crippen LogP contribution in [0.25, 0.3) is 0 Å². The highest BCUT2D eigenvalue weighted by atomic mass is 16.5. The van der Waals surface area contributed by atoms with Crippen LogP contribution in [0.2, 0.25) is 0 Å². The van der Waals surface area contributed by atoms with E-state index >= 15 is 0 Å². The number of carbonyl (C=O) groups is 3. The molecule has 0 rings (SSSR count). The van der Waals surface area contributed by atoms with Gasteiger partial charge in [0.1, 0.15) is 0 Å². The number of ether oxygens (including phenoxy) is 1. The van der Waals surface area contributed by atoms with Gasteiger partial charge in [0.15, 0.2) is 0 Å². The van der Waals surface area contributed by atoms with Crippen LogP contribution < -0.4 is 16.0 Å². The molecule has 0 heterocycles. The van der Waals surface area contributed by atoms with Crippen molar-refractivity contribution in [2.75, 3.05) is 26.8 Å². The van der Waals surface area contributed by atoms with Crippen molar-refractivity contribution >= 4 is 17.9 Å². The van der Waals surface area contributed by atoms with E-state index < -0.39 is 17.5 Å². The highest BCUT2D eigenvalue weighted by Crippen LogP contribution is 2.07. The van der Waals surface area contributed by atoms with Crippen molar-refractivity contribution in [1.29, 1.82) is 0 Å². The summed E-state index contributed by atoms with van der Waals surface area (Å²) in [4.78, 5) is 33.3. The average molecular weight is 275 g/mol. The predicted molar refractivity (Wildman–Crippen MR) is 67.8 cm³/mol. The van der Waals surface area contributed by atoms with Crippen molar-refractivity contribution in [1.82, 2.24) is 16.0 Å². The lowest BCUT2D eigenvalue weighted by molar-refractivity contribution is -0.138. The average Bonchev–Trinajstić information content (AvgIpc) is 2.24. The Bertz CT molecular complexity index is 330. The van der Waals surface area contributed by atoms with E-state index in [1.807, 2.05) is 0 Å². The highest BCUT2D eigenvalue weighted by molar-refractivity contribution is 5.84. The van der Waals surface area contributed by atoms with Crippen LogP contribution in [0.15, 0.2) is 0 Å². The van der Waals surface area contributed by atoms with Gasteiger partial charge in [0.05, 0.1) is 19.6 Å². The molecule has 0 atom stereocenters. The van der Waals surface area contributed by atoms with Gasteiger partial charge in [-0.1, -0.05) is 0 Å². The number of nitrogens with one attached hydrogen (secondary N) is 3. The molecule has 0 aromatic heterocycles. The molecule has 3 amide bonds. The van der Waals surface area contributed by atoms with Gasteiger partial charge in [-0.05, 0) is 13.8 Å². The Morgan fingerprint density at radius 3 is 2.37 bits per heavy atom. The van der Waals surface area contributed by atoms with Crippen molar-refractivity contribution in [3.05, 3.63) is 0 Å². The summed E-state index contributed by atoms with van der Waals surface area (Å²) in [6.07, 6.45) is -0.208. The van der Waals surface area contributed by atoms with Gasteiger partial charge in [0.25, 0.3) is 0 Å². The zero-order chi connectivity index (χ0) is 14.9. The Hall–Kier alpha value is -1.83. The van der Waals surface area contributed by atoms with Crippen molar-refractivity contribution < 1.29 is 24.2 Å². The summed E-state index contributed by atoms with van der Waals surface area (Å²) in [7, 11) is 1.52. The van der Waals surface area contributed by atoms with Crippen LogP contribution in [0.1, 0.15) is 20.3 Å². The van der Waals surface area contributed by atoms with E-state index in [0.717, 1.165) is 0 Å². The lowest BCUT2D eigenvalue weighted by Crippen LogP contribution is -2.51. The van der Waals surface area contributed by atoms with Crippen molar-refractivity contribution in [3.63, 3.8) is 0 Å². The number of urea groups is 1. The number of hydrogen-bond acceptors (Lipinski definition) is 4. The second-order valence-corrected chi connectivity index (χ2v) is 4.60. The summed E-state index contributed by atoms with van der Waals surface area (Å²) in [6, 6.07) is -0.590. The lowest BCUT2D eigenvalue weighted by Gasteiger charge is -2.24. The third kappa shape index (κ3) is 9.83. The fourth-order valence-electron chi connectivity index (χ4n) is 1.29. The van der Waals surface area contributed by atoms with Crippen LogP contribution in [0, 0.1) is 0 Å². The van der Waals surface area contributed by atoms with Gasteiger partial charge in [-0.15, -0.1) is 0 Å². The molecule has 0 aliphatic rings. The second kappa shape index (κ2) is 8.30. The molecule has 0 aliphatic heterocycles. The Labute approximate surface area is 111 Å². The monoisotopic (exact) mass is 275 g/mol. The topological polar surface area (TPSA) is 117 Å². The van der Waals surface area contributed by atoms with Crippen molar-refractivity contribution in [2.45, 2.75) is 25.8 Å². The minimum Gasteiger partial charge on any atom is -0.481 e. The molecule has 0 aliphatic carbocycles. The van der Waals surface area contributed by atoms with E-state index in [0.29, 0.717) is 13.2 Å².